The number of nitrogens with zero attached hydrogens (tertiary/aromatic N) is 2. The van der Waals surface area contributed by atoms with Crippen LogP contribution in [0, 0.1) is 0 Å². The highest BCUT2D eigenvalue weighted by molar-refractivity contribution is 5.43. The molecule has 18 heavy (non-hydrogen) atoms. The van der Waals surface area contributed by atoms with Crippen LogP contribution in [0.3, 0.4) is 0 Å². The van der Waals surface area contributed by atoms with Crippen LogP contribution >= 0.6 is 0 Å². The fraction of sp³-hybridized carbons (Fsp3) is 0.333. The third-order valence-electron chi connectivity index (χ3n) is 3.57. The lowest BCUT2D eigenvalue weighted by Gasteiger charge is -2.16. The molecule has 3 rings (SSSR count). The van der Waals surface area contributed by atoms with E-state index >= 15 is 0 Å². The predicted octanol–water partition coefficient (Wildman–Crippen LogP) is 3.14. The first-order valence-corrected chi connectivity index (χ1v) is 6.46. The first-order valence-electron chi connectivity index (χ1n) is 6.46. The molecule has 3 nitrogen and oxygen atoms in total. The van der Waals surface area contributed by atoms with Crippen LogP contribution in [0.4, 0.5) is 5.69 Å². The van der Waals surface area contributed by atoms with Gasteiger partial charge in [-0.25, -0.2) is 9.97 Å². The summed E-state index contributed by atoms with van der Waals surface area (Å²) < 4.78 is 0. The third kappa shape index (κ3) is 2.21. The Kier molecular flexibility index (Phi) is 2.97. The van der Waals surface area contributed by atoms with Gasteiger partial charge in [-0.2, -0.15) is 0 Å². The normalized spacial score (nSPS) is 15.2. The number of aromatic nitrogens is 2. The molecule has 1 N–H and O–H groups in total. The smallest absolute Gasteiger partial charge is 0.115 e. The van der Waals surface area contributed by atoms with Crippen LogP contribution in [0.25, 0.3) is 0 Å². The maximum absolute atomic E-state index is 4.02. The van der Waals surface area contributed by atoms with Gasteiger partial charge in [-0.1, -0.05) is 18.2 Å². The van der Waals surface area contributed by atoms with E-state index < -0.39 is 0 Å². The number of hydrogen-bond acceptors (Lipinski definition) is 3. The van der Waals surface area contributed by atoms with Crippen molar-refractivity contribution >= 4 is 5.69 Å². The Balaban J connectivity index is 1.78. The Morgan fingerprint density at radius 2 is 1.89 bits per heavy atom. The zero-order chi connectivity index (χ0) is 12.4. The summed E-state index contributed by atoms with van der Waals surface area (Å²) in [5.41, 5.74) is 5.34. The van der Waals surface area contributed by atoms with E-state index in [9.17, 15) is 0 Å². The van der Waals surface area contributed by atoms with E-state index in [0.29, 0.717) is 0 Å². The van der Waals surface area contributed by atoms with Gasteiger partial charge in [0.15, 0.2) is 0 Å². The molecular formula is C15H17N3. The molecule has 1 unspecified atom stereocenters. The number of anilines is 1. The molecule has 0 bridgehead atoms. The second-order valence-corrected chi connectivity index (χ2v) is 4.87. The van der Waals surface area contributed by atoms with Crippen molar-refractivity contribution in [2.45, 2.75) is 32.2 Å². The minimum atomic E-state index is 0.280. The average Bonchev–Trinajstić information content (AvgIpc) is 2.87. The summed E-state index contributed by atoms with van der Waals surface area (Å²) in [6.07, 6.45) is 8.92. The van der Waals surface area contributed by atoms with E-state index in [1.54, 1.807) is 18.7 Å². The van der Waals surface area contributed by atoms with Crippen LogP contribution in [0.1, 0.15) is 36.1 Å². The highest BCUT2D eigenvalue weighted by Crippen LogP contribution is 2.26. The van der Waals surface area contributed by atoms with Crippen LogP contribution in [0.2, 0.25) is 0 Å². The average molecular weight is 239 g/mol. The van der Waals surface area contributed by atoms with Crippen molar-refractivity contribution in [3.8, 4) is 0 Å². The van der Waals surface area contributed by atoms with E-state index in [1.165, 1.54) is 36.0 Å². The van der Waals surface area contributed by atoms with Crippen molar-refractivity contribution in [2.24, 2.45) is 0 Å². The maximum Gasteiger partial charge on any atom is 0.115 e. The number of nitrogens with one attached hydrogen (secondary N) is 1. The largest absolute Gasteiger partial charge is 0.376 e. The standard InChI is InChI=1S/C15H17N3/c1-11(18-15-8-16-10-17-9-15)13-6-5-12-3-2-4-14(12)7-13/h5-11,18H,2-4H2,1H3. The van der Waals surface area contributed by atoms with Crippen molar-refractivity contribution < 1.29 is 0 Å². The second kappa shape index (κ2) is 4.77. The molecule has 1 atom stereocenters. The van der Waals surface area contributed by atoms with E-state index in [2.05, 4.69) is 40.4 Å². The Bertz CT molecular complexity index is 537. The lowest BCUT2D eigenvalue weighted by molar-refractivity contribution is 0.875. The monoisotopic (exact) mass is 239 g/mol. The molecule has 1 aliphatic rings. The molecule has 0 spiro atoms. The van der Waals surface area contributed by atoms with Crippen molar-refractivity contribution in [3.05, 3.63) is 53.6 Å². The zero-order valence-electron chi connectivity index (χ0n) is 10.6. The van der Waals surface area contributed by atoms with Crippen LogP contribution in [0.15, 0.2) is 36.9 Å². The number of fused-ring (bicyclic) bond motifs is 1. The molecule has 0 saturated carbocycles. The third-order valence-corrected chi connectivity index (χ3v) is 3.57. The molecule has 2 aromatic rings. The quantitative estimate of drug-likeness (QED) is 0.894. The van der Waals surface area contributed by atoms with Gasteiger partial charge in [0, 0.05) is 6.04 Å². The molecule has 92 valence electrons. The molecule has 1 aromatic carbocycles. The minimum Gasteiger partial charge on any atom is -0.376 e. The first kappa shape index (κ1) is 11.2. The molecular weight excluding hydrogens is 222 g/mol. The molecule has 1 aromatic heterocycles. The Morgan fingerprint density at radius 3 is 2.72 bits per heavy atom. The molecule has 0 saturated heterocycles. The zero-order valence-corrected chi connectivity index (χ0v) is 10.6. The fourth-order valence-corrected chi connectivity index (χ4v) is 2.57. The van der Waals surface area contributed by atoms with Gasteiger partial charge in [-0.3, -0.25) is 0 Å². The van der Waals surface area contributed by atoms with Crippen LogP contribution in [-0.4, -0.2) is 9.97 Å². The molecule has 0 fully saturated rings. The topological polar surface area (TPSA) is 37.8 Å². The van der Waals surface area contributed by atoms with Crippen molar-refractivity contribution in [1.29, 1.82) is 0 Å². The number of benzene rings is 1. The molecule has 3 heteroatoms. The summed E-state index contributed by atoms with van der Waals surface area (Å²) in [4.78, 5) is 8.03. The number of aryl methyl sites for hydroxylation is 2. The highest BCUT2D eigenvalue weighted by Gasteiger charge is 2.13. The summed E-state index contributed by atoms with van der Waals surface area (Å²) in [7, 11) is 0. The summed E-state index contributed by atoms with van der Waals surface area (Å²) in [6.45, 7) is 2.17. The van der Waals surface area contributed by atoms with Crippen LogP contribution in [-0.2, 0) is 12.8 Å². The summed E-state index contributed by atoms with van der Waals surface area (Å²) in [6, 6.07) is 7.12. The summed E-state index contributed by atoms with van der Waals surface area (Å²) in [5, 5.41) is 3.42. The highest BCUT2D eigenvalue weighted by atomic mass is 15.0. The number of rotatable bonds is 3. The molecule has 0 radical (unpaired) electrons. The number of hydrogen-bond donors (Lipinski definition) is 1. The molecule has 1 aliphatic carbocycles. The Morgan fingerprint density at radius 1 is 1.11 bits per heavy atom. The first-order chi connectivity index (χ1) is 8.83. The van der Waals surface area contributed by atoms with E-state index in [0.717, 1.165) is 5.69 Å². The second-order valence-electron chi connectivity index (χ2n) is 4.87. The Labute approximate surface area is 107 Å². The fourth-order valence-electron chi connectivity index (χ4n) is 2.57. The van der Waals surface area contributed by atoms with Gasteiger partial charge in [0.2, 0.25) is 0 Å². The van der Waals surface area contributed by atoms with E-state index in [-0.39, 0.29) is 6.04 Å². The lowest BCUT2D eigenvalue weighted by atomic mass is 10.0. The van der Waals surface area contributed by atoms with Crippen molar-refractivity contribution in [1.82, 2.24) is 9.97 Å². The molecule has 0 amide bonds. The maximum atomic E-state index is 4.02. The molecule has 0 aliphatic heterocycles. The van der Waals surface area contributed by atoms with Crippen LogP contribution < -0.4 is 5.32 Å². The summed E-state index contributed by atoms with van der Waals surface area (Å²) >= 11 is 0. The SMILES string of the molecule is CC(Nc1cncnc1)c1ccc2c(c1)CCC2. The van der Waals surface area contributed by atoms with Crippen molar-refractivity contribution in [3.63, 3.8) is 0 Å². The Hall–Kier alpha value is -1.90. The summed E-state index contributed by atoms with van der Waals surface area (Å²) in [5.74, 6) is 0. The van der Waals surface area contributed by atoms with Gasteiger partial charge in [-0.05, 0) is 42.9 Å². The molecule has 1 heterocycles. The lowest BCUT2D eigenvalue weighted by Crippen LogP contribution is -2.07. The van der Waals surface area contributed by atoms with E-state index in [4.69, 9.17) is 0 Å². The van der Waals surface area contributed by atoms with Gasteiger partial charge in [0.05, 0.1) is 18.1 Å². The van der Waals surface area contributed by atoms with Crippen LogP contribution in [0.5, 0.6) is 0 Å². The van der Waals surface area contributed by atoms with Gasteiger partial charge in [-0.15, -0.1) is 0 Å². The van der Waals surface area contributed by atoms with Gasteiger partial charge in [0.25, 0.3) is 0 Å². The van der Waals surface area contributed by atoms with Crippen molar-refractivity contribution in [2.75, 3.05) is 5.32 Å². The van der Waals surface area contributed by atoms with Gasteiger partial charge in [0.1, 0.15) is 6.33 Å². The van der Waals surface area contributed by atoms with Gasteiger partial charge < -0.3 is 5.32 Å². The van der Waals surface area contributed by atoms with E-state index in [1.807, 2.05) is 0 Å². The minimum absolute atomic E-state index is 0.280. The van der Waals surface area contributed by atoms with Gasteiger partial charge >= 0.3 is 0 Å². The predicted molar refractivity (Wildman–Crippen MR) is 72.5 cm³/mol.